The minimum Gasteiger partial charge on any atom is -0.306 e. The molecule has 1 N–H and O–H groups in total. The highest BCUT2D eigenvalue weighted by Crippen LogP contribution is 2.31. The zero-order valence-corrected chi connectivity index (χ0v) is 13.8. The lowest BCUT2D eigenvalue weighted by atomic mass is 9.98. The summed E-state index contributed by atoms with van der Waals surface area (Å²) in [5, 5.41) is 3.89. The molecule has 0 aliphatic carbocycles. The molecule has 2 rings (SSSR count). The normalized spacial score (nSPS) is 12.4. The minimum absolute atomic E-state index is 0.277. The topological polar surface area (TPSA) is 12.0 Å². The molecule has 112 valence electrons. The number of halogens is 4. The van der Waals surface area contributed by atoms with Crippen LogP contribution in [0, 0.1) is 11.6 Å². The van der Waals surface area contributed by atoms with E-state index < -0.39 is 11.6 Å². The first-order valence-corrected chi connectivity index (χ1v) is 7.83. The van der Waals surface area contributed by atoms with Crippen LogP contribution >= 0.6 is 27.5 Å². The van der Waals surface area contributed by atoms with E-state index in [1.54, 1.807) is 12.1 Å². The van der Waals surface area contributed by atoms with Gasteiger partial charge in [-0.25, -0.2) is 8.78 Å². The smallest absolute Gasteiger partial charge is 0.159 e. The quantitative estimate of drug-likeness (QED) is 0.732. The Labute approximate surface area is 136 Å². The summed E-state index contributed by atoms with van der Waals surface area (Å²) in [4.78, 5) is 0. The molecule has 0 bridgehead atoms. The van der Waals surface area contributed by atoms with E-state index in [1.807, 2.05) is 19.1 Å². The van der Waals surface area contributed by atoms with Crippen LogP contribution in [-0.2, 0) is 0 Å². The number of benzene rings is 2. The SMILES string of the molecule is CCCNC(c1ccc(F)c(F)c1)c1ccc(Br)cc1Cl. The average molecular weight is 375 g/mol. The van der Waals surface area contributed by atoms with Crippen molar-refractivity contribution in [2.45, 2.75) is 19.4 Å². The lowest BCUT2D eigenvalue weighted by Crippen LogP contribution is -2.23. The lowest BCUT2D eigenvalue weighted by molar-refractivity contribution is 0.503. The largest absolute Gasteiger partial charge is 0.306 e. The van der Waals surface area contributed by atoms with Crippen molar-refractivity contribution in [2.75, 3.05) is 6.54 Å². The Kier molecular flexibility index (Phi) is 5.73. The second kappa shape index (κ2) is 7.34. The van der Waals surface area contributed by atoms with Gasteiger partial charge in [0.05, 0.1) is 6.04 Å². The first-order chi connectivity index (χ1) is 10.0. The van der Waals surface area contributed by atoms with E-state index in [4.69, 9.17) is 11.6 Å². The van der Waals surface area contributed by atoms with Crippen molar-refractivity contribution in [2.24, 2.45) is 0 Å². The lowest BCUT2D eigenvalue weighted by Gasteiger charge is -2.21. The molecule has 0 heterocycles. The highest BCUT2D eigenvalue weighted by atomic mass is 79.9. The fourth-order valence-corrected chi connectivity index (χ4v) is 2.91. The number of nitrogens with one attached hydrogen (secondary N) is 1. The van der Waals surface area contributed by atoms with Gasteiger partial charge < -0.3 is 5.32 Å². The number of hydrogen-bond acceptors (Lipinski definition) is 1. The van der Waals surface area contributed by atoms with Crippen molar-refractivity contribution in [3.05, 3.63) is 68.7 Å². The first-order valence-electron chi connectivity index (χ1n) is 6.66. The highest BCUT2D eigenvalue weighted by molar-refractivity contribution is 9.10. The molecule has 21 heavy (non-hydrogen) atoms. The molecule has 0 amide bonds. The van der Waals surface area contributed by atoms with Gasteiger partial charge in [0.1, 0.15) is 0 Å². The molecule has 1 nitrogen and oxygen atoms in total. The van der Waals surface area contributed by atoms with Crippen LogP contribution in [-0.4, -0.2) is 6.54 Å². The Morgan fingerprint density at radius 3 is 2.52 bits per heavy atom. The Balaban J connectivity index is 2.44. The van der Waals surface area contributed by atoms with E-state index in [9.17, 15) is 8.78 Å². The molecule has 0 saturated heterocycles. The van der Waals surface area contributed by atoms with Gasteiger partial charge in [0.2, 0.25) is 0 Å². The van der Waals surface area contributed by atoms with Crippen LogP contribution < -0.4 is 5.32 Å². The third-order valence-electron chi connectivity index (χ3n) is 3.15. The molecule has 0 aliphatic rings. The van der Waals surface area contributed by atoms with Gasteiger partial charge in [-0.05, 0) is 48.4 Å². The summed E-state index contributed by atoms with van der Waals surface area (Å²) in [6, 6.07) is 9.18. The molecule has 0 radical (unpaired) electrons. The molecule has 0 spiro atoms. The second-order valence-corrected chi connectivity index (χ2v) is 6.05. The van der Waals surface area contributed by atoms with Crippen molar-refractivity contribution in [3.63, 3.8) is 0 Å². The van der Waals surface area contributed by atoms with Crippen LogP contribution in [0.3, 0.4) is 0 Å². The van der Waals surface area contributed by atoms with Gasteiger partial charge >= 0.3 is 0 Å². The maximum absolute atomic E-state index is 13.5. The summed E-state index contributed by atoms with van der Waals surface area (Å²) in [6.45, 7) is 2.79. The van der Waals surface area contributed by atoms with Crippen LogP contribution in [0.2, 0.25) is 5.02 Å². The summed E-state index contributed by atoms with van der Waals surface area (Å²) >= 11 is 9.65. The summed E-state index contributed by atoms with van der Waals surface area (Å²) in [5.41, 5.74) is 1.48. The molecule has 0 aromatic heterocycles. The predicted octanol–water partition coefficient (Wildman–Crippen LogP) is 5.47. The van der Waals surface area contributed by atoms with Gasteiger partial charge in [-0.1, -0.05) is 46.6 Å². The molecule has 0 saturated carbocycles. The summed E-state index contributed by atoms with van der Waals surface area (Å²) in [5.74, 6) is -1.71. The van der Waals surface area contributed by atoms with E-state index in [0.29, 0.717) is 10.6 Å². The van der Waals surface area contributed by atoms with Gasteiger partial charge in [-0.2, -0.15) is 0 Å². The third-order valence-corrected chi connectivity index (χ3v) is 3.97. The monoisotopic (exact) mass is 373 g/mol. The van der Waals surface area contributed by atoms with Crippen molar-refractivity contribution in [1.82, 2.24) is 5.32 Å². The Morgan fingerprint density at radius 2 is 1.90 bits per heavy atom. The van der Waals surface area contributed by atoms with Crippen LogP contribution in [0.4, 0.5) is 8.78 Å². The van der Waals surface area contributed by atoms with Crippen molar-refractivity contribution < 1.29 is 8.78 Å². The zero-order chi connectivity index (χ0) is 15.4. The summed E-state index contributed by atoms with van der Waals surface area (Å²) in [7, 11) is 0. The molecule has 1 unspecified atom stereocenters. The second-order valence-electron chi connectivity index (χ2n) is 4.73. The first kappa shape index (κ1) is 16.4. The Morgan fingerprint density at radius 1 is 1.14 bits per heavy atom. The molecular weight excluding hydrogens is 360 g/mol. The third kappa shape index (κ3) is 4.02. The zero-order valence-electron chi connectivity index (χ0n) is 11.5. The van der Waals surface area contributed by atoms with Crippen LogP contribution in [0.25, 0.3) is 0 Å². The van der Waals surface area contributed by atoms with Crippen LogP contribution in [0.5, 0.6) is 0 Å². The number of hydrogen-bond donors (Lipinski definition) is 1. The minimum atomic E-state index is -0.857. The summed E-state index contributed by atoms with van der Waals surface area (Å²) in [6.07, 6.45) is 0.925. The van der Waals surface area contributed by atoms with Gasteiger partial charge in [0.15, 0.2) is 11.6 Å². The molecule has 0 fully saturated rings. The van der Waals surface area contributed by atoms with E-state index >= 15 is 0 Å². The van der Waals surface area contributed by atoms with Gasteiger partial charge in [-0.3, -0.25) is 0 Å². The maximum Gasteiger partial charge on any atom is 0.159 e. The van der Waals surface area contributed by atoms with Gasteiger partial charge in [0, 0.05) is 9.50 Å². The van der Waals surface area contributed by atoms with Crippen molar-refractivity contribution in [3.8, 4) is 0 Å². The van der Waals surface area contributed by atoms with E-state index in [1.165, 1.54) is 6.07 Å². The Hall–Kier alpha value is -0.970. The molecular formula is C16H15BrClF2N. The number of rotatable bonds is 5. The van der Waals surface area contributed by atoms with E-state index in [0.717, 1.165) is 29.1 Å². The van der Waals surface area contributed by atoms with Crippen LogP contribution in [0.15, 0.2) is 40.9 Å². The van der Waals surface area contributed by atoms with E-state index in [-0.39, 0.29) is 6.04 Å². The van der Waals surface area contributed by atoms with Crippen LogP contribution in [0.1, 0.15) is 30.5 Å². The molecule has 0 aliphatic heterocycles. The molecule has 2 aromatic carbocycles. The standard InChI is InChI=1S/C16H15BrClF2N/c1-2-7-21-16(10-3-6-14(19)15(20)8-10)12-5-4-11(17)9-13(12)18/h3-6,8-9,16,21H,2,7H2,1H3. The molecule has 5 heteroatoms. The maximum atomic E-state index is 13.5. The summed E-state index contributed by atoms with van der Waals surface area (Å²) < 4.78 is 27.5. The average Bonchev–Trinajstić information content (AvgIpc) is 2.44. The molecule has 2 aromatic rings. The van der Waals surface area contributed by atoms with Gasteiger partial charge in [-0.15, -0.1) is 0 Å². The predicted molar refractivity (Wildman–Crippen MR) is 85.6 cm³/mol. The molecule has 1 atom stereocenters. The fourth-order valence-electron chi connectivity index (χ4n) is 2.12. The Bertz CT molecular complexity index is 634. The fraction of sp³-hybridized carbons (Fsp3) is 0.250. The van der Waals surface area contributed by atoms with Crippen molar-refractivity contribution in [1.29, 1.82) is 0 Å². The van der Waals surface area contributed by atoms with E-state index in [2.05, 4.69) is 21.2 Å². The van der Waals surface area contributed by atoms with Crippen molar-refractivity contribution >= 4 is 27.5 Å². The van der Waals surface area contributed by atoms with Gasteiger partial charge in [0.25, 0.3) is 0 Å². The highest BCUT2D eigenvalue weighted by Gasteiger charge is 2.18.